The summed E-state index contributed by atoms with van der Waals surface area (Å²) < 4.78 is 4.95. The fourth-order valence-electron chi connectivity index (χ4n) is 6.51. The number of hydrogen-bond donors (Lipinski definition) is 2. The van der Waals surface area contributed by atoms with Gasteiger partial charge in [0.15, 0.2) is 0 Å². The van der Waals surface area contributed by atoms with Crippen molar-refractivity contribution in [3.8, 4) is 0 Å². The van der Waals surface area contributed by atoms with Crippen LogP contribution in [0.4, 0.5) is 16.2 Å². The van der Waals surface area contributed by atoms with E-state index in [0.29, 0.717) is 31.4 Å². The average molecular weight is 370 g/mol. The first kappa shape index (κ1) is 17.0. The number of ether oxygens (including phenoxy) is 1. The molecule has 2 N–H and O–H groups in total. The second-order valence-electron chi connectivity index (χ2n) is 9.22. The fourth-order valence-corrected chi connectivity index (χ4v) is 6.51. The average Bonchev–Trinajstić information content (AvgIpc) is 2.98. The molecule has 27 heavy (non-hydrogen) atoms. The van der Waals surface area contributed by atoms with E-state index in [2.05, 4.69) is 5.32 Å². The monoisotopic (exact) mass is 370 g/mol. The minimum absolute atomic E-state index is 0.0221. The number of hydrogen-bond acceptors (Lipinski definition) is 4. The minimum Gasteiger partial charge on any atom is -0.447 e. The molecule has 1 aromatic carbocycles. The SMILES string of the molecule is O=C(CC12C[C@H]3C[C@@H](CC(O)(C3)C1)C2)Nc1ccc(N2CCOC2=O)cc1. The van der Waals surface area contributed by atoms with Gasteiger partial charge in [-0.15, -0.1) is 0 Å². The lowest BCUT2D eigenvalue weighted by molar-refractivity contribution is -0.167. The normalized spacial score (nSPS) is 36.8. The molecule has 144 valence electrons. The Kier molecular flexibility index (Phi) is 3.76. The summed E-state index contributed by atoms with van der Waals surface area (Å²) in [5.41, 5.74) is 0.956. The maximum Gasteiger partial charge on any atom is 0.414 e. The van der Waals surface area contributed by atoms with Crippen LogP contribution in [0.2, 0.25) is 0 Å². The maximum atomic E-state index is 12.7. The van der Waals surface area contributed by atoms with E-state index in [0.717, 1.165) is 43.5 Å². The molecule has 5 fully saturated rings. The molecular weight excluding hydrogens is 344 g/mol. The number of carbonyl (C=O) groups is 2. The molecule has 0 unspecified atom stereocenters. The second-order valence-corrected chi connectivity index (χ2v) is 9.22. The van der Waals surface area contributed by atoms with E-state index < -0.39 is 5.60 Å². The molecule has 2 amide bonds. The van der Waals surface area contributed by atoms with Crippen LogP contribution < -0.4 is 10.2 Å². The Morgan fingerprint density at radius 3 is 2.48 bits per heavy atom. The summed E-state index contributed by atoms with van der Waals surface area (Å²) in [6, 6.07) is 7.31. The van der Waals surface area contributed by atoms with Crippen LogP contribution in [0.5, 0.6) is 0 Å². The number of aliphatic hydroxyl groups is 1. The van der Waals surface area contributed by atoms with Crippen molar-refractivity contribution >= 4 is 23.4 Å². The summed E-state index contributed by atoms with van der Waals surface area (Å²) in [6.07, 6.45) is 6.17. The molecule has 6 rings (SSSR count). The predicted molar refractivity (Wildman–Crippen MR) is 100 cm³/mol. The van der Waals surface area contributed by atoms with E-state index in [1.54, 1.807) is 4.90 Å². The molecule has 1 heterocycles. The lowest BCUT2D eigenvalue weighted by atomic mass is 9.47. The van der Waals surface area contributed by atoms with Crippen molar-refractivity contribution < 1.29 is 19.4 Å². The molecule has 0 radical (unpaired) electrons. The number of rotatable bonds is 4. The van der Waals surface area contributed by atoms with Gasteiger partial charge >= 0.3 is 6.09 Å². The third-order valence-electron chi connectivity index (χ3n) is 6.91. The molecule has 1 aliphatic heterocycles. The Morgan fingerprint density at radius 1 is 1.19 bits per heavy atom. The Hall–Kier alpha value is -2.08. The minimum atomic E-state index is -0.531. The molecule has 2 atom stereocenters. The fraction of sp³-hybridized carbons (Fsp3) is 0.619. The molecule has 0 aromatic heterocycles. The molecule has 1 aromatic rings. The van der Waals surface area contributed by atoms with E-state index >= 15 is 0 Å². The summed E-state index contributed by atoms with van der Waals surface area (Å²) in [7, 11) is 0. The molecule has 6 heteroatoms. The Morgan fingerprint density at radius 2 is 1.89 bits per heavy atom. The lowest BCUT2D eigenvalue weighted by Gasteiger charge is -2.60. The first-order chi connectivity index (χ1) is 12.9. The van der Waals surface area contributed by atoms with Crippen LogP contribution >= 0.6 is 0 Å². The van der Waals surface area contributed by atoms with Gasteiger partial charge in [-0.05, 0) is 80.0 Å². The van der Waals surface area contributed by atoms with Gasteiger partial charge in [0.25, 0.3) is 0 Å². The number of anilines is 2. The van der Waals surface area contributed by atoms with Crippen LogP contribution in [0.1, 0.15) is 44.9 Å². The van der Waals surface area contributed by atoms with Crippen molar-refractivity contribution in [2.24, 2.45) is 17.3 Å². The summed E-state index contributed by atoms with van der Waals surface area (Å²) in [4.78, 5) is 25.9. The summed E-state index contributed by atoms with van der Waals surface area (Å²) >= 11 is 0. The van der Waals surface area contributed by atoms with Crippen LogP contribution in [0.15, 0.2) is 24.3 Å². The molecule has 4 aliphatic carbocycles. The second kappa shape index (κ2) is 5.96. The zero-order valence-corrected chi connectivity index (χ0v) is 15.4. The molecule has 5 aliphatic rings. The highest BCUT2D eigenvalue weighted by molar-refractivity contribution is 5.92. The van der Waals surface area contributed by atoms with Gasteiger partial charge in [-0.1, -0.05) is 0 Å². The van der Waals surface area contributed by atoms with E-state index in [-0.39, 0.29) is 17.4 Å². The van der Waals surface area contributed by atoms with Gasteiger partial charge in [0.05, 0.1) is 12.1 Å². The third-order valence-corrected chi connectivity index (χ3v) is 6.91. The Balaban J connectivity index is 1.24. The van der Waals surface area contributed by atoms with Gasteiger partial charge in [-0.2, -0.15) is 0 Å². The first-order valence-corrected chi connectivity index (χ1v) is 9.99. The van der Waals surface area contributed by atoms with Gasteiger partial charge in [-0.3, -0.25) is 9.69 Å². The smallest absolute Gasteiger partial charge is 0.414 e. The van der Waals surface area contributed by atoms with Crippen LogP contribution in [0.3, 0.4) is 0 Å². The molecule has 4 bridgehead atoms. The van der Waals surface area contributed by atoms with E-state index in [9.17, 15) is 14.7 Å². The maximum absolute atomic E-state index is 12.7. The standard InChI is InChI=1S/C21H26N2O4/c24-18(12-20-8-14-7-15(9-20)11-21(26,10-14)13-20)22-16-1-3-17(4-2-16)23-5-6-27-19(23)25/h1-4,14-15,26H,5-13H2,(H,22,24)/t14-,15-,20?,21?/m1/s1. The number of cyclic esters (lactones) is 1. The summed E-state index contributed by atoms with van der Waals surface area (Å²) in [5, 5.41) is 13.9. The van der Waals surface area contributed by atoms with Crippen molar-refractivity contribution in [1.82, 2.24) is 0 Å². The Bertz CT molecular complexity index is 761. The van der Waals surface area contributed by atoms with Crippen LogP contribution in [-0.4, -0.2) is 35.9 Å². The number of carbonyl (C=O) groups excluding carboxylic acids is 2. The van der Waals surface area contributed by atoms with E-state index in [1.165, 1.54) is 6.42 Å². The van der Waals surface area contributed by atoms with Gasteiger partial charge in [-0.25, -0.2) is 4.79 Å². The lowest BCUT2D eigenvalue weighted by Crippen LogP contribution is -2.56. The first-order valence-electron chi connectivity index (χ1n) is 9.99. The molecule has 4 saturated carbocycles. The zero-order valence-electron chi connectivity index (χ0n) is 15.4. The summed E-state index contributed by atoms with van der Waals surface area (Å²) in [6.45, 7) is 0.964. The van der Waals surface area contributed by atoms with Crippen LogP contribution in [-0.2, 0) is 9.53 Å². The molecule has 1 saturated heterocycles. The number of amides is 2. The van der Waals surface area contributed by atoms with E-state index in [4.69, 9.17) is 4.74 Å². The van der Waals surface area contributed by atoms with Crippen molar-refractivity contribution in [1.29, 1.82) is 0 Å². The molecular formula is C21H26N2O4. The third kappa shape index (κ3) is 3.10. The van der Waals surface area contributed by atoms with Crippen molar-refractivity contribution in [3.05, 3.63) is 24.3 Å². The quantitative estimate of drug-likeness (QED) is 0.852. The van der Waals surface area contributed by atoms with E-state index in [1.807, 2.05) is 24.3 Å². The topological polar surface area (TPSA) is 78.9 Å². The van der Waals surface area contributed by atoms with Crippen molar-refractivity contribution in [3.63, 3.8) is 0 Å². The van der Waals surface area contributed by atoms with Gasteiger partial charge in [0.1, 0.15) is 6.61 Å². The van der Waals surface area contributed by atoms with Crippen molar-refractivity contribution in [2.45, 2.75) is 50.5 Å². The highest BCUT2D eigenvalue weighted by atomic mass is 16.6. The molecule has 6 nitrogen and oxygen atoms in total. The number of nitrogens with zero attached hydrogens (tertiary/aromatic N) is 1. The molecule has 0 spiro atoms. The number of benzene rings is 1. The summed E-state index contributed by atoms with van der Waals surface area (Å²) in [5.74, 6) is 1.20. The highest BCUT2D eigenvalue weighted by Gasteiger charge is 2.57. The van der Waals surface area contributed by atoms with Crippen LogP contribution in [0, 0.1) is 17.3 Å². The van der Waals surface area contributed by atoms with Gasteiger partial charge < -0.3 is 15.2 Å². The predicted octanol–water partition coefficient (Wildman–Crippen LogP) is 3.30. The van der Waals surface area contributed by atoms with Gasteiger partial charge in [0.2, 0.25) is 5.91 Å². The number of nitrogens with one attached hydrogen (secondary N) is 1. The van der Waals surface area contributed by atoms with Crippen LogP contribution in [0.25, 0.3) is 0 Å². The largest absolute Gasteiger partial charge is 0.447 e. The van der Waals surface area contributed by atoms with Crippen molar-refractivity contribution in [2.75, 3.05) is 23.4 Å². The zero-order chi connectivity index (χ0) is 18.6. The Labute approximate surface area is 158 Å². The highest BCUT2D eigenvalue weighted by Crippen LogP contribution is 2.62. The van der Waals surface area contributed by atoms with Gasteiger partial charge in [0, 0.05) is 17.8 Å².